The molecule has 3 aromatic carbocycles. The first kappa shape index (κ1) is 27.6. The van der Waals surface area contributed by atoms with E-state index in [1.165, 1.54) is 45.2 Å². The molecule has 4 rings (SSSR count). The summed E-state index contributed by atoms with van der Waals surface area (Å²) in [6.07, 6.45) is -4.78. The molecule has 4 nitrogen and oxygen atoms in total. The summed E-state index contributed by atoms with van der Waals surface area (Å²) in [5.74, 6) is -0.758. The Balaban J connectivity index is 1.68. The molecule has 0 fully saturated rings. The van der Waals surface area contributed by atoms with Crippen LogP contribution in [0.5, 0.6) is 5.75 Å². The van der Waals surface area contributed by atoms with Crippen molar-refractivity contribution in [3.63, 3.8) is 0 Å². The summed E-state index contributed by atoms with van der Waals surface area (Å²) < 4.78 is 77.4. The first-order valence-electron chi connectivity index (χ1n) is 12.1. The maximum Gasteiger partial charge on any atom is 0.417 e. The molecule has 0 aliphatic heterocycles. The summed E-state index contributed by atoms with van der Waals surface area (Å²) in [7, 11) is 1.36. The van der Waals surface area contributed by atoms with E-state index in [2.05, 4.69) is 5.10 Å². The SMILES string of the molecule is COc1ccc(F)cc1C(C)(C)CC(O)(CCc1cc(C)cc2c1cnn2-c1ccc(F)cc1)C(F)(F)F. The lowest BCUT2D eigenvalue weighted by Crippen LogP contribution is -2.49. The summed E-state index contributed by atoms with van der Waals surface area (Å²) in [6, 6.07) is 13.0. The molecule has 0 saturated carbocycles. The molecule has 0 saturated heterocycles. The molecule has 38 heavy (non-hydrogen) atoms. The van der Waals surface area contributed by atoms with Gasteiger partial charge in [-0.1, -0.05) is 19.9 Å². The van der Waals surface area contributed by atoms with E-state index < -0.39 is 41.7 Å². The molecular formula is C29H29F5N2O2. The quantitative estimate of drug-likeness (QED) is 0.244. The van der Waals surface area contributed by atoms with Gasteiger partial charge in [0.05, 0.1) is 24.5 Å². The van der Waals surface area contributed by atoms with Crippen molar-refractivity contribution in [2.75, 3.05) is 7.11 Å². The molecule has 4 aromatic rings. The first-order chi connectivity index (χ1) is 17.7. The van der Waals surface area contributed by atoms with Crippen LogP contribution in [0.1, 0.15) is 43.4 Å². The van der Waals surface area contributed by atoms with E-state index in [0.717, 1.165) is 11.6 Å². The highest BCUT2D eigenvalue weighted by Crippen LogP contribution is 2.46. The van der Waals surface area contributed by atoms with Crippen molar-refractivity contribution >= 4 is 10.9 Å². The largest absolute Gasteiger partial charge is 0.496 e. The lowest BCUT2D eigenvalue weighted by Gasteiger charge is -2.38. The van der Waals surface area contributed by atoms with Gasteiger partial charge in [-0.25, -0.2) is 13.5 Å². The third-order valence-electron chi connectivity index (χ3n) is 6.95. The molecule has 1 unspecified atom stereocenters. The number of benzene rings is 3. The van der Waals surface area contributed by atoms with Crippen molar-refractivity contribution < 1.29 is 31.8 Å². The fourth-order valence-corrected chi connectivity index (χ4v) is 5.06. The van der Waals surface area contributed by atoms with E-state index in [0.29, 0.717) is 22.2 Å². The summed E-state index contributed by atoms with van der Waals surface area (Å²) in [5, 5.41) is 16.1. The second kappa shape index (κ2) is 10.0. The smallest absolute Gasteiger partial charge is 0.417 e. The Labute approximate surface area is 217 Å². The number of hydrogen-bond donors (Lipinski definition) is 1. The molecule has 1 aromatic heterocycles. The highest BCUT2D eigenvalue weighted by atomic mass is 19.4. The van der Waals surface area contributed by atoms with Gasteiger partial charge in [0.1, 0.15) is 17.4 Å². The Morgan fingerprint density at radius 2 is 1.61 bits per heavy atom. The van der Waals surface area contributed by atoms with Gasteiger partial charge in [0.2, 0.25) is 0 Å². The van der Waals surface area contributed by atoms with E-state index in [-0.39, 0.29) is 17.7 Å². The Hall–Kier alpha value is -3.46. The number of rotatable bonds is 8. The number of alkyl halides is 3. The number of aromatic nitrogens is 2. The van der Waals surface area contributed by atoms with Crippen LogP contribution in [-0.2, 0) is 11.8 Å². The van der Waals surface area contributed by atoms with E-state index in [1.807, 2.05) is 13.0 Å². The molecule has 202 valence electrons. The molecule has 0 spiro atoms. The van der Waals surface area contributed by atoms with Gasteiger partial charge in [-0.2, -0.15) is 18.3 Å². The van der Waals surface area contributed by atoms with E-state index in [9.17, 15) is 27.1 Å². The summed E-state index contributed by atoms with van der Waals surface area (Å²) in [6.45, 7) is 4.87. The first-order valence-corrected chi connectivity index (χ1v) is 12.1. The van der Waals surface area contributed by atoms with Crippen LogP contribution < -0.4 is 4.74 Å². The second-order valence-electron chi connectivity index (χ2n) is 10.3. The van der Waals surface area contributed by atoms with Gasteiger partial charge >= 0.3 is 6.18 Å². The maximum absolute atomic E-state index is 14.4. The zero-order valence-electron chi connectivity index (χ0n) is 21.5. The van der Waals surface area contributed by atoms with Gasteiger partial charge in [0, 0.05) is 10.9 Å². The fourth-order valence-electron chi connectivity index (χ4n) is 5.06. The number of hydrogen-bond acceptors (Lipinski definition) is 3. The van der Waals surface area contributed by atoms with Gasteiger partial charge < -0.3 is 9.84 Å². The molecule has 1 N–H and O–H groups in total. The van der Waals surface area contributed by atoms with Crippen molar-refractivity contribution in [1.29, 1.82) is 0 Å². The topological polar surface area (TPSA) is 47.3 Å². The Morgan fingerprint density at radius 1 is 0.947 bits per heavy atom. The highest BCUT2D eigenvalue weighted by molar-refractivity contribution is 5.84. The molecule has 0 aliphatic rings. The molecule has 0 amide bonds. The lowest BCUT2D eigenvalue weighted by atomic mass is 9.73. The minimum Gasteiger partial charge on any atom is -0.496 e. The number of fused-ring (bicyclic) bond motifs is 1. The Kier molecular flexibility index (Phi) is 7.27. The van der Waals surface area contributed by atoms with Crippen LogP contribution in [0.25, 0.3) is 16.6 Å². The number of aryl methyl sites for hydroxylation is 2. The van der Waals surface area contributed by atoms with Gasteiger partial charge in [0.15, 0.2) is 5.60 Å². The lowest BCUT2D eigenvalue weighted by molar-refractivity contribution is -0.269. The Morgan fingerprint density at radius 3 is 2.24 bits per heavy atom. The van der Waals surface area contributed by atoms with Crippen LogP contribution in [0, 0.1) is 18.6 Å². The number of nitrogens with zero attached hydrogens (tertiary/aromatic N) is 2. The summed E-state index contributed by atoms with van der Waals surface area (Å²) in [4.78, 5) is 0. The molecule has 9 heteroatoms. The fraction of sp³-hybridized carbons (Fsp3) is 0.345. The van der Waals surface area contributed by atoms with Gasteiger partial charge in [-0.3, -0.25) is 0 Å². The zero-order chi connectivity index (χ0) is 27.9. The number of halogens is 5. The van der Waals surface area contributed by atoms with Crippen LogP contribution >= 0.6 is 0 Å². The summed E-state index contributed by atoms with van der Waals surface area (Å²) in [5.41, 5.74) is -1.43. The molecule has 1 atom stereocenters. The number of aliphatic hydroxyl groups is 1. The minimum atomic E-state index is -4.94. The molecule has 1 heterocycles. The van der Waals surface area contributed by atoms with Crippen LogP contribution in [0.4, 0.5) is 22.0 Å². The Bertz CT molecular complexity index is 1440. The van der Waals surface area contributed by atoms with Crippen molar-refractivity contribution in [3.05, 3.63) is 89.1 Å². The standard InChI is InChI=1S/C29H29F5N2O2/c1-18-13-19(23-16-35-36(25(23)14-18)22-8-5-20(30)6-9-22)11-12-28(37,29(32,33)34)17-27(2,3)24-15-21(31)7-10-26(24)38-4/h5-10,13-16,37H,11-12,17H2,1-4H3. The van der Waals surface area contributed by atoms with Crippen molar-refractivity contribution in [3.8, 4) is 11.4 Å². The van der Waals surface area contributed by atoms with Crippen LogP contribution in [0.2, 0.25) is 0 Å². The van der Waals surface area contributed by atoms with Crippen LogP contribution in [0.15, 0.2) is 60.8 Å². The third-order valence-corrected chi connectivity index (χ3v) is 6.95. The predicted octanol–water partition coefficient (Wildman–Crippen LogP) is 7.21. The third kappa shape index (κ3) is 5.38. The molecule has 0 radical (unpaired) electrons. The van der Waals surface area contributed by atoms with Crippen molar-refractivity contribution in [1.82, 2.24) is 9.78 Å². The monoisotopic (exact) mass is 532 g/mol. The minimum absolute atomic E-state index is 0.0837. The highest BCUT2D eigenvalue weighted by Gasteiger charge is 2.55. The van der Waals surface area contributed by atoms with Gasteiger partial charge in [0.25, 0.3) is 0 Å². The number of methoxy groups -OCH3 is 1. The van der Waals surface area contributed by atoms with E-state index >= 15 is 0 Å². The van der Waals surface area contributed by atoms with Crippen molar-refractivity contribution in [2.24, 2.45) is 0 Å². The molecule has 0 aliphatic carbocycles. The molecular weight excluding hydrogens is 503 g/mol. The van der Waals surface area contributed by atoms with Crippen LogP contribution in [0.3, 0.4) is 0 Å². The van der Waals surface area contributed by atoms with Gasteiger partial charge in [-0.05, 0) is 91.3 Å². The van der Waals surface area contributed by atoms with E-state index in [4.69, 9.17) is 4.74 Å². The van der Waals surface area contributed by atoms with Crippen LogP contribution in [-0.4, -0.2) is 33.8 Å². The van der Waals surface area contributed by atoms with Crippen molar-refractivity contribution in [2.45, 2.75) is 57.2 Å². The maximum atomic E-state index is 14.4. The average molecular weight is 533 g/mol. The zero-order valence-corrected chi connectivity index (χ0v) is 21.5. The second-order valence-corrected chi connectivity index (χ2v) is 10.3. The normalized spacial score (nSPS) is 14.1. The predicted molar refractivity (Wildman–Crippen MR) is 136 cm³/mol. The average Bonchev–Trinajstić information content (AvgIpc) is 3.26. The van der Waals surface area contributed by atoms with Gasteiger partial charge in [-0.15, -0.1) is 0 Å². The summed E-state index contributed by atoms with van der Waals surface area (Å²) >= 11 is 0. The molecule has 0 bridgehead atoms. The van der Waals surface area contributed by atoms with E-state index in [1.54, 1.807) is 29.1 Å². The number of ether oxygens (including phenoxy) is 1.